The number of hydrazone groups is 1. The summed E-state index contributed by atoms with van der Waals surface area (Å²) in [7, 11) is -2.75. The lowest BCUT2D eigenvalue weighted by atomic mass is 10.2. The highest BCUT2D eigenvalue weighted by Crippen LogP contribution is 2.26. The Morgan fingerprint density at radius 1 is 1.08 bits per heavy atom. The predicted molar refractivity (Wildman–Crippen MR) is 135 cm³/mol. The smallest absolute Gasteiger partial charge is 0.264 e. The molecule has 0 aromatic heterocycles. The zero-order valence-corrected chi connectivity index (χ0v) is 20.8. The Morgan fingerprint density at radius 2 is 1.75 bits per heavy atom. The minimum absolute atomic E-state index is 0.0293. The van der Waals surface area contributed by atoms with Crippen LogP contribution < -0.4 is 19.8 Å². The van der Waals surface area contributed by atoms with Gasteiger partial charge in [-0.1, -0.05) is 17.7 Å². The number of ether oxygens (including phenoxy) is 1. The minimum Gasteiger partial charge on any atom is -0.497 e. The maximum absolute atomic E-state index is 13.9. The molecule has 0 heterocycles. The van der Waals surface area contributed by atoms with Crippen LogP contribution in [0.2, 0.25) is 5.02 Å². The second-order valence-electron chi connectivity index (χ2n) is 7.34. The molecule has 2 N–H and O–H groups in total. The van der Waals surface area contributed by atoms with Gasteiger partial charge in [0.05, 0.1) is 28.9 Å². The number of halogens is 2. The number of carbonyl (C=O) groups excluding carboxylic acids is 2. The van der Waals surface area contributed by atoms with E-state index >= 15 is 0 Å². The highest BCUT2D eigenvalue weighted by atomic mass is 35.5. The molecule has 0 radical (unpaired) electrons. The fourth-order valence-corrected chi connectivity index (χ4v) is 4.71. The molecule has 2 amide bonds. The Morgan fingerprint density at radius 3 is 2.33 bits per heavy atom. The number of rotatable bonds is 9. The SMILES string of the molecule is COc1ccc(N(CC(=O)N/N=C/c2c(F)cccc2Cl)S(=O)(=O)c2ccc(NC(C)=O)cc2)cc1. The van der Waals surface area contributed by atoms with Gasteiger partial charge in [0.15, 0.2) is 0 Å². The van der Waals surface area contributed by atoms with E-state index in [1.807, 2.05) is 0 Å². The summed E-state index contributed by atoms with van der Waals surface area (Å²) in [6.07, 6.45) is 1.03. The summed E-state index contributed by atoms with van der Waals surface area (Å²) in [4.78, 5) is 23.8. The third-order valence-electron chi connectivity index (χ3n) is 4.79. The van der Waals surface area contributed by atoms with E-state index in [0.29, 0.717) is 11.4 Å². The molecular weight excluding hydrogens is 511 g/mol. The Bertz CT molecular complexity index is 1360. The molecule has 0 bridgehead atoms. The molecule has 3 aromatic rings. The second-order valence-corrected chi connectivity index (χ2v) is 9.61. The number of anilines is 2. The van der Waals surface area contributed by atoms with Crippen LogP contribution in [0.5, 0.6) is 5.75 Å². The van der Waals surface area contributed by atoms with Gasteiger partial charge in [-0.2, -0.15) is 5.10 Å². The summed E-state index contributed by atoms with van der Waals surface area (Å²) in [5.41, 5.74) is 2.77. The van der Waals surface area contributed by atoms with E-state index in [9.17, 15) is 22.4 Å². The van der Waals surface area contributed by atoms with E-state index in [4.69, 9.17) is 16.3 Å². The number of methoxy groups -OCH3 is 1. The number of nitrogens with zero attached hydrogens (tertiary/aromatic N) is 2. The topological polar surface area (TPSA) is 117 Å². The van der Waals surface area contributed by atoms with Crippen molar-refractivity contribution in [3.63, 3.8) is 0 Å². The average molecular weight is 533 g/mol. The number of benzene rings is 3. The van der Waals surface area contributed by atoms with Gasteiger partial charge in [-0.05, 0) is 60.7 Å². The van der Waals surface area contributed by atoms with Crippen LogP contribution in [0.1, 0.15) is 12.5 Å². The van der Waals surface area contributed by atoms with E-state index < -0.39 is 28.3 Å². The van der Waals surface area contributed by atoms with Gasteiger partial charge in [0, 0.05) is 18.2 Å². The highest BCUT2D eigenvalue weighted by Gasteiger charge is 2.27. The number of carbonyl (C=O) groups is 2. The molecule has 0 saturated carbocycles. The summed E-state index contributed by atoms with van der Waals surface area (Å²) in [5, 5.41) is 6.35. The van der Waals surface area contributed by atoms with Gasteiger partial charge in [-0.3, -0.25) is 13.9 Å². The number of amides is 2. The van der Waals surface area contributed by atoms with Crippen LogP contribution in [-0.2, 0) is 19.6 Å². The summed E-state index contributed by atoms with van der Waals surface area (Å²) in [6, 6.07) is 15.6. The molecule has 188 valence electrons. The van der Waals surface area contributed by atoms with Crippen molar-refractivity contribution in [2.24, 2.45) is 5.10 Å². The maximum Gasteiger partial charge on any atom is 0.264 e. The molecule has 3 aromatic carbocycles. The van der Waals surface area contributed by atoms with Crippen molar-refractivity contribution in [3.8, 4) is 5.75 Å². The van der Waals surface area contributed by atoms with Crippen LogP contribution >= 0.6 is 11.6 Å². The molecule has 9 nitrogen and oxygen atoms in total. The molecule has 0 unspecified atom stereocenters. The lowest BCUT2D eigenvalue weighted by Gasteiger charge is -2.24. The van der Waals surface area contributed by atoms with Crippen LogP contribution in [0.25, 0.3) is 0 Å². The Balaban J connectivity index is 1.87. The Kier molecular flexibility index (Phi) is 8.62. The van der Waals surface area contributed by atoms with Crippen LogP contribution in [0.3, 0.4) is 0 Å². The Hall–Kier alpha value is -3.96. The van der Waals surface area contributed by atoms with Crippen molar-refractivity contribution in [1.29, 1.82) is 0 Å². The monoisotopic (exact) mass is 532 g/mol. The first-order valence-corrected chi connectivity index (χ1v) is 12.2. The fraction of sp³-hybridized carbons (Fsp3) is 0.125. The highest BCUT2D eigenvalue weighted by molar-refractivity contribution is 7.92. The van der Waals surface area contributed by atoms with Crippen molar-refractivity contribution in [2.45, 2.75) is 11.8 Å². The van der Waals surface area contributed by atoms with Gasteiger partial charge in [-0.25, -0.2) is 18.2 Å². The average Bonchev–Trinajstić information content (AvgIpc) is 2.84. The minimum atomic E-state index is -4.22. The summed E-state index contributed by atoms with van der Waals surface area (Å²) in [5.74, 6) is -1.23. The zero-order chi connectivity index (χ0) is 26.3. The third-order valence-corrected chi connectivity index (χ3v) is 6.91. The van der Waals surface area contributed by atoms with Gasteiger partial charge < -0.3 is 10.1 Å². The molecule has 36 heavy (non-hydrogen) atoms. The summed E-state index contributed by atoms with van der Waals surface area (Å²) < 4.78 is 46.8. The van der Waals surface area contributed by atoms with E-state index in [0.717, 1.165) is 10.5 Å². The van der Waals surface area contributed by atoms with Gasteiger partial charge >= 0.3 is 0 Å². The molecule has 0 fully saturated rings. The van der Waals surface area contributed by atoms with E-state index in [2.05, 4.69) is 15.8 Å². The number of nitrogens with one attached hydrogen (secondary N) is 2. The quantitative estimate of drug-likeness (QED) is 0.321. The molecule has 0 atom stereocenters. The van der Waals surface area contributed by atoms with Crippen molar-refractivity contribution >= 4 is 51.0 Å². The third kappa shape index (κ3) is 6.58. The molecule has 3 rings (SSSR count). The molecule has 0 spiro atoms. The molecule has 12 heteroatoms. The molecule has 0 aliphatic heterocycles. The number of hydrogen-bond donors (Lipinski definition) is 2. The zero-order valence-electron chi connectivity index (χ0n) is 19.2. The lowest BCUT2D eigenvalue weighted by Crippen LogP contribution is -2.39. The van der Waals surface area contributed by atoms with E-state index in [1.54, 1.807) is 12.1 Å². The van der Waals surface area contributed by atoms with Crippen LogP contribution in [-0.4, -0.2) is 40.1 Å². The van der Waals surface area contributed by atoms with Crippen LogP contribution in [0.15, 0.2) is 76.7 Å². The second kappa shape index (κ2) is 11.6. The van der Waals surface area contributed by atoms with Gasteiger partial charge in [0.1, 0.15) is 18.1 Å². The first kappa shape index (κ1) is 26.6. The van der Waals surface area contributed by atoms with Crippen molar-refractivity contribution in [1.82, 2.24) is 5.43 Å². The maximum atomic E-state index is 13.9. The number of sulfonamides is 1. The van der Waals surface area contributed by atoms with Gasteiger partial charge in [-0.15, -0.1) is 0 Å². The largest absolute Gasteiger partial charge is 0.497 e. The lowest BCUT2D eigenvalue weighted by molar-refractivity contribution is -0.119. The number of hydrogen-bond acceptors (Lipinski definition) is 6. The Labute approximate surface area is 212 Å². The normalized spacial score (nSPS) is 11.2. The molecular formula is C24H22ClFN4O5S. The van der Waals surface area contributed by atoms with E-state index in [-0.39, 0.29) is 27.1 Å². The molecule has 0 aliphatic rings. The van der Waals surface area contributed by atoms with Gasteiger partial charge in [0.25, 0.3) is 15.9 Å². The van der Waals surface area contributed by atoms with E-state index in [1.165, 1.54) is 68.6 Å². The fourth-order valence-electron chi connectivity index (χ4n) is 3.07. The summed E-state index contributed by atoms with van der Waals surface area (Å²) in [6.45, 7) is 0.696. The standard InChI is InChI=1S/C24H22ClFN4O5S/c1-16(31)28-17-6-12-20(13-7-17)36(33,34)30(18-8-10-19(35-2)11-9-18)15-24(32)29-27-14-21-22(25)4-3-5-23(21)26/h3-14H,15H2,1-2H3,(H,28,31)(H,29,32)/b27-14+. The first-order chi connectivity index (χ1) is 17.1. The van der Waals surface area contributed by atoms with Crippen molar-refractivity contribution in [3.05, 3.63) is 83.1 Å². The van der Waals surface area contributed by atoms with Gasteiger partial charge in [0.2, 0.25) is 5.91 Å². The molecule has 0 saturated heterocycles. The first-order valence-electron chi connectivity index (χ1n) is 10.4. The molecule has 0 aliphatic carbocycles. The van der Waals surface area contributed by atoms with Crippen LogP contribution in [0.4, 0.5) is 15.8 Å². The van der Waals surface area contributed by atoms with Crippen molar-refractivity contribution < 1.29 is 27.1 Å². The predicted octanol–water partition coefficient (Wildman–Crippen LogP) is 3.79. The summed E-state index contributed by atoms with van der Waals surface area (Å²) >= 11 is 5.94. The van der Waals surface area contributed by atoms with Crippen molar-refractivity contribution in [2.75, 3.05) is 23.3 Å². The van der Waals surface area contributed by atoms with Crippen LogP contribution in [0, 0.1) is 5.82 Å².